The van der Waals surface area contributed by atoms with E-state index in [4.69, 9.17) is 26.2 Å². The van der Waals surface area contributed by atoms with Gasteiger partial charge >= 0.3 is 5.97 Å². The lowest BCUT2D eigenvalue weighted by Crippen LogP contribution is -2.10. The molecule has 0 unspecified atom stereocenters. The minimum absolute atomic E-state index is 0.301. The van der Waals surface area contributed by atoms with Crippen LogP contribution in [0.25, 0.3) is 0 Å². The largest absolute Gasteiger partial charge is 0.489 e. The summed E-state index contributed by atoms with van der Waals surface area (Å²) >= 11 is 7.89. The summed E-state index contributed by atoms with van der Waals surface area (Å²) in [6.45, 7) is 2.20. The van der Waals surface area contributed by atoms with Crippen LogP contribution in [-0.2, 0) is 30.0 Å². The molecule has 0 saturated heterocycles. The van der Waals surface area contributed by atoms with E-state index in [1.807, 2.05) is 43.3 Å². The van der Waals surface area contributed by atoms with Gasteiger partial charge in [-0.3, -0.25) is 0 Å². The number of hydrogen-bond acceptors (Lipinski definition) is 4. The van der Waals surface area contributed by atoms with E-state index < -0.39 is 5.97 Å². The number of thioether (sulfide) groups is 1. The van der Waals surface area contributed by atoms with Gasteiger partial charge in [0.05, 0.1) is 0 Å². The zero-order valence-electron chi connectivity index (χ0n) is 17.9. The maximum atomic E-state index is 10.8. The quantitative estimate of drug-likeness (QED) is 0.364. The first-order chi connectivity index (χ1) is 15.5. The molecule has 0 aliphatic heterocycles. The molecule has 1 N–H and O–H groups in total. The van der Waals surface area contributed by atoms with E-state index in [0.717, 1.165) is 52.5 Å². The standard InChI is InChI=1S/C26H25ClO4S/c1-17-13-19(7-10-23(17)27)14-30-20-8-5-18(6-9-20)16-32-25-12-11-24(31-15-26(28)29)21-3-2-4-22(21)25/h5-13H,2-4,14-16H2,1H3,(H,28,29). The van der Waals surface area contributed by atoms with Gasteiger partial charge in [0.15, 0.2) is 6.61 Å². The highest BCUT2D eigenvalue weighted by atomic mass is 35.5. The molecule has 0 bridgehead atoms. The van der Waals surface area contributed by atoms with Crippen LogP contribution in [0.15, 0.2) is 59.5 Å². The van der Waals surface area contributed by atoms with E-state index in [1.165, 1.54) is 16.0 Å². The Morgan fingerprint density at radius 3 is 2.50 bits per heavy atom. The predicted octanol–water partition coefficient (Wildman–Crippen LogP) is 6.47. The van der Waals surface area contributed by atoms with Crippen molar-refractivity contribution in [1.82, 2.24) is 0 Å². The zero-order chi connectivity index (χ0) is 22.5. The van der Waals surface area contributed by atoms with Crippen LogP contribution in [0.1, 0.15) is 34.2 Å². The Labute approximate surface area is 197 Å². The van der Waals surface area contributed by atoms with Crippen LogP contribution in [0.5, 0.6) is 11.5 Å². The number of carboxylic acids is 1. The Hall–Kier alpha value is -2.63. The number of carbonyl (C=O) groups is 1. The molecule has 3 aromatic carbocycles. The fourth-order valence-electron chi connectivity index (χ4n) is 3.86. The molecule has 1 aliphatic rings. The molecule has 0 aromatic heterocycles. The second-order valence-electron chi connectivity index (χ2n) is 7.86. The first-order valence-corrected chi connectivity index (χ1v) is 11.9. The molecule has 0 heterocycles. The lowest BCUT2D eigenvalue weighted by Gasteiger charge is -2.13. The second-order valence-corrected chi connectivity index (χ2v) is 9.28. The Morgan fingerprint density at radius 1 is 1.00 bits per heavy atom. The molecule has 166 valence electrons. The van der Waals surface area contributed by atoms with Gasteiger partial charge in [-0.25, -0.2) is 4.79 Å². The summed E-state index contributed by atoms with van der Waals surface area (Å²) in [7, 11) is 0. The van der Waals surface area contributed by atoms with E-state index in [1.54, 1.807) is 11.8 Å². The van der Waals surface area contributed by atoms with Gasteiger partial charge in [0.25, 0.3) is 0 Å². The van der Waals surface area contributed by atoms with Gasteiger partial charge in [-0.05, 0) is 84.3 Å². The molecular formula is C26H25ClO4S. The average molecular weight is 469 g/mol. The minimum Gasteiger partial charge on any atom is -0.489 e. The molecule has 32 heavy (non-hydrogen) atoms. The number of halogens is 1. The second kappa shape index (κ2) is 10.3. The van der Waals surface area contributed by atoms with Crippen LogP contribution < -0.4 is 9.47 Å². The van der Waals surface area contributed by atoms with Crippen LogP contribution >= 0.6 is 23.4 Å². The SMILES string of the molecule is Cc1cc(COc2ccc(CSc3ccc(OCC(=O)O)c4c3CCC4)cc2)ccc1Cl. The number of aliphatic carboxylic acids is 1. The van der Waals surface area contributed by atoms with Crippen molar-refractivity contribution in [3.05, 3.63) is 87.4 Å². The average Bonchev–Trinajstić information content (AvgIpc) is 3.28. The number of benzene rings is 3. The van der Waals surface area contributed by atoms with Gasteiger partial charge in [0.2, 0.25) is 0 Å². The van der Waals surface area contributed by atoms with Crippen LogP contribution in [-0.4, -0.2) is 17.7 Å². The maximum absolute atomic E-state index is 10.8. The number of hydrogen-bond donors (Lipinski definition) is 1. The Morgan fingerprint density at radius 2 is 1.75 bits per heavy atom. The van der Waals surface area contributed by atoms with Gasteiger partial charge < -0.3 is 14.6 Å². The molecule has 3 aromatic rings. The summed E-state index contributed by atoms with van der Waals surface area (Å²) in [4.78, 5) is 12.1. The third kappa shape index (κ3) is 5.59. The molecule has 6 heteroatoms. The Bertz CT molecular complexity index is 1110. The molecule has 1 aliphatic carbocycles. The number of rotatable bonds is 9. The molecular weight excluding hydrogens is 444 g/mol. The topological polar surface area (TPSA) is 55.8 Å². The highest BCUT2D eigenvalue weighted by Gasteiger charge is 2.20. The van der Waals surface area contributed by atoms with Gasteiger partial charge in [-0.15, -0.1) is 11.8 Å². The van der Waals surface area contributed by atoms with Crippen molar-refractivity contribution in [2.24, 2.45) is 0 Å². The van der Waals surface area contributed by atoms with Gasteiger partial charge in [-0.1, -0.05) is 35.9 Å². The van der Waals surface area contributed by atoms with E-state index in [9.17, 15) is 4.79 Å². The van der Waals surface area contributed by atoms with Gasteiger partial charge in [0, 0.05) is 15.7 Å². The van der Waals surface area contributed by atoms with Crippen molar-refractivity contribution < 1.29 is 19.4 Å². The minimum atomic E-state index is -0.953. The van der Waals surface area contributed by atoms with Crippen LogP contribution in [0, 0.1) is 6.92 Å². The van der Waals surface area contributed by atoms with E-state index in [-0.39, 0.29) is 6.61 Å². The smallest absolute Gasteiger partial charge is 0.341 e. The fourth-order valence-corrected chi connectivity index (χ4v) is 5.05. The predicted molar refractivity (Wildman–Crippen MR) is 128 cm³/mol. The Balaban J connectivity index is 1.34. The fraction of sp³-hybridized carbons (Fsp3) is 0.269. The number of carboxylic acid groups (broad SMARTS) is 1. The van der Waals surface area contributed by atoms with Crippen LogP contribution in [0.4, 0.5) is 0 Å². The lowest BCUT2D eigenvalue weighted by molar-refractivity contribution is -0.139. The van der Waals surface area contributed by atoms with E-state index in [0.29, 0.717) is 12.4 Å². The summed E-state index contributed by atoms with van der Waals surface area (Å²) in [5, 5.41) is 9.64. The maximum Gasteiger partial charge on any atom is 0.341 e. The monoisotopic (exact) mass is 468 g/mol. The number of aryl methyl sites for hydroxylation is 1. The van der Waals surface area contributed by atoms with Crippen molar-refractivity contribution >= 4 is 29.3 Å². The summed E-state index contributed by atoms with van der Waals surface area (Å²) in [6.07, 6.45) is 3.03. The third-order valence-corrected chi connectivity index (χ3v) is 7.09. The van der Waals surface area contributed by atoms with E-state index in [2.05, 4.69) is 18.2 Å². The van der Waals surface area contributed by atoms with Crippen LogP contribution in [0.3, 0.4) is 0 Å². The number of ether oxygens (including phenoxy) is 2. The molecule has 0 spiro atoms. The van der Waals surface area contributed by atoms with E-state index >= 15 is 0 Å². The molecule has 0 amide bonds. The van der Waals surface area contributed by atoms with Crippen molar-refractivity contribution in [2.75, 3.05) is 6.61 Å². The number of fused-ring (bicyclic) bond motifs is 1. The molecule has 0 radical (unpaired) electrons. The van der Waals surface area contributed by atoms with Crippen molar-refractivity contribution in [2.45, 2.75) is 43.4 Å². The first kappa shape index (κ1) is 22.6. The van der Waals surface area contributed by atoms with Crippen molar-refractivity contribution in [3.8, 4) is 11.5 Å². The Kier molecular flexibility index (Phi) is 7.28. The van der Waals surface area contributed by atoms with Crippen LogP contribution in [0.2, 0.25) is 5.02 Å². The van der Waals surface area contributed by atoms with Gasteiger partial charge in [0.1, 0.15) is 18.1 Å². The summed E-state index contributed by atoms with van der Waals surface area (Å²) < 4.78 is 11.4. The summed E-state index contributed by atoms with van der Waals surface area (Å²) in [5.41, 5.74) is 5.83. The highest BCUT2D eigenvalue weighted by Crippen LogP contribution is 2.38. The third-order valence-electron chi connectivity index (χ3n) is 5.50. The molecule has 4 rings (SSSR count). The molecule has 4 nitrogen and oxygen atoms in total. The van der Waals surface area contributed by atoms with Crippen molar-refractivity contribution in [1.29, 1.82) is 0 Å². The highest BCUT2D eigenvalue weighted by molar-refractivity contribution is 7.98. The van der Waals surface area contributed by atoms with Crippen molar-refractivity contribution in [3.63, 3.8) is 0 Å². The molecule has 0 saturated carbocycles. The first-order valence-electron chi connectivity index (χ1n) is 10.6. The molecule has 0 atom stereocenters. The van der Waals surface area contributed by atoms with Gasteiger partial charge in [-0.2, -0.15) is 0 Å². The summed E-state index contributed by atoms with van der Waals surface area (Å²) in [5.74, 6) is 1.46. The lowest BCUT2D eigenvalue weighted by atomic mass is 10.1. The molecule has 0 fully saturated rings. The normalized spacial score (nSPS) is 12.4. The summed E-state index contributed by atoms with van der Waals surface area (Å²) in [6, 6.07) is 18.1. The zero-order valence-corrected chi connectivity index (χ0v) is 19.5.